The Morgan fingerprint density at radius 2 is 1.82 bits per heavy atom. The first kappa shape index (κ1) is 11.6. The zero-order valence-electron chi connectivity index (χ0n) is 10.1. The maximum Gasteiger partial charge on any atom is 0.106 e. The van der Waals surface area contributed by atoms with Crippen molar-refractivity contribution in [1.82, 2.24) is 0 Å². The van der Waals surface area contributed by atoms with Crippen LogP contribution < -0.4 is 0 Å². The van der Waals surface area contributed by atoms with E-state index in [-0.39, 0.29) is 0 Å². The Bertz CT molecular complexity index is 443. The van der Waals surface area contributed by atoms with Crippen molar-refractivity contribution in [2.45, 2.75) is 19.3 Å². The Morgan fingerprint density at radius 3 is 2.59 bits per heavy atom. The lowest BCUT2D eigenvalue weighted by atomic mass is 10.1. The van der Waals surface area contributed by atoms with Crippen molar-refractivity contribution in [2.24, 2.45) is 5.16 Å². The molecule has 0 saturated heterocycles. The van der Waals surface area contributed by atoms with Crippen LogP contribution in [0.3, 0.4) is 0 Å². The van der Waals surface area contributed by atoms with Gasteiger partial charge in [-0.15, -0.1) is 0 Å². The number of nitrogens with zero attached hydrogens (tertiary/aromatic N) is 1. The van der Waals surface area contributed by atoms with Gasteiger partial charge in [0, 0.05) is 0 Å². The molecular formula is C15H17NO. The van der Waals surface area contributed by atoms with Crippen LogP contribution in [0.25, 0.3) is 6.08 Å². The van der Waals surface area contributed by atoms with Crippen molar-refractivity contribution in [3.05, 3.63) is 53.1 Å². The monoisotopic (exact) mass is 227 g/mol. The van der Waals surface area contributed by atoms with Gasteiger partial charge in [-0.25, -0.2) is 0 Å². The Kier molecular flexibility index (Phi) is 4.14. The average Bonchev–Trinajstić information content (AvgIpc) is 2.82. The Balaban J connectivity index is 2.12. The summed E-state index contributed by atoms with van der Waals surface area (Å²) in [5.74, 6) is 0. The van der Waals surface area contributed by atoms with Crippen molar-refractivity contribution < 1.29 is 4.84 Å². The van der Waals surface area contributed by atoms with Crippen molar-refractivity contribution in [3.8, 4) is 0 Å². The maximum atomic E-state index is 4.73. The molecule has 0 saturated carbocycles. The predicted octanol–water partition coefficient (Wildman–Crippen LogP) is 3.81. The van der Waals surface area contributed by atoms with Crippen LogP contribution in [0.1, 0.15) is 24.8 Å². The van der Waals surface area contributed by atoms with Gasteiger partial charge in [-0.3, -0.25) is 0 Å². The second-order valence-corrected chi connectivity index (χ2v) is 4.07. The minimum absolute atomic E-state index is 1.10. The molecule has 88 valence electrons. The smallest absolute Gasteiger partial charge is 0.106 e. The summed E-state index contributed by atoms with van der Waals surface area (Å²) in [4.78, 5) is 4.73. The fourth-order valence-corrected chi connectivity index (χ4v) is 2.01. The average molecular weight is 227 g/mol. The Labute approximate surface area is 102 Å². The minimum Gasteiger partial charge on any atom is -0.399 e. The first-order valence-electron chi connectivity index (χ1n) is 5.92. The number of oxime groups is 1. The van der Waals surface area contributed by atoms with Crippen LogP contribution in [0, 0.1) is 0 Å². The molecule has 2 nitrogen and oxygen atoms in total. The van der Waals surface area contributed by atoms with E-state index in [9.17, 15) is 0 Å². The molecular weight excluding hydrogens is 210 g/mol. The zero-order valence-corrected chi connectivity index (χ0v) is 10.1. The number of allylic oxidation sites excluding steroid dienone is 3. The van der Waals surface area contributed by atoms with E-state index in [0.717, 1.165) is 12.8 Å². The first-order valence-corrected chi connectivity index (χ1v) is 5.92. The molecule has 0 fully saturated rings. The molecule has 0 atom stereocenters. The van der Waals surface area contributed by atoms with Gasteiger partial charge in [-0.1, -0.05) is 47.6 Å². The molecule has 0 radical (unpaired) electrons. The summed E-state index contributed by atoms with van der Waals surface area (Å²) < 4.78 is 0. The molecule has 0 spiro atoms. The lowest BCUT2D eigenvalue weighted by Crippen LogP contribution is -1.84. The van der Waals surface area contributed by atoms with Gasteiger partial charge in [-0.2, -0.15) is 0 Å². The van der Waals surface area contributed by atoms with Crippen LogP contribution in [-0.4, -0.2) is 13.3 Å². The number of hydrogen-bond acceptors (Lipinski definition) is 2. The summed E-state index contributed by atoms with van der Waals surface area (Å²) in [6, 6.07) is 10.3. The highest BCUT2D eigenvalue weighted by Gasteiger charge is 2.10. The van der Waals surface area contributed by atoms with Gasteiger partial charge in [0.25, 0.3) is 0 Å². The van der Waals surface area contributed by atoms with E-state index in [2.05, 4.69) is 41.6 Å². The highest BCUT2D eigenvalue weighted by Crippen LogP contribution is 2.26. The standard InChI is InChI=1S/C15H17NO/c1-17-16-12-15-9-5-8-14(15)11-10-13-6-3-2-4-7-13/h2-4,6-7,10-12H,5,8-9H2,1H3. The Morgan fingerprint density at radius 1 is 1.06 bits per heavy atom. The third kappa shape index (κ3) is 3.31. The zero-order chi connectivity index (χ0) is 11.9. The van der Waals surface area contributed by atoms with Crippen LogP contribution in [0.5, 0.6) is 0 Å². The summed E-state index contributed by atoms with van der Waals surface area (Å²) >= 11 is 0. The molecule has 0 unspecified atom stereocenters. The summed E-state index contributed by atoms with van der Waals surface area (Å²) in [6.07, 6.45) is 9.62. The molecule has 17 heavy (non-hydrogen) atoms. The molecule has 1 aliphatic rings. The summed E-state index contributed by atoms with van der Waals surface area (Å²) in [5.41, 5.74) is 3.89. The lowest BCUT2D eigenvalue weighted by Gasteiger charge is -1.96. The molecule has 0 aromatic heterocycles. The van der Waals surface area contributed by atoms with Gasteiger partial charge < -0.3 is 4.84 Å². The van der Waals surface area contributed by atoms with Gasteiger partial charge in [0.05, 0.1) is 6.21 Å². The third-order valence-corrected chi connectivity index (χ3v) is 2.90. The van der Waals surface area contributed by atoms with E-state index in [1.54, 1.807) is 7.11 Å². The van der Waals surface area contributed by atoms with E-state index in [0.29, 0.717) is 0 Å². The SMILES string of the molecule is CON=CC1=C(C=Cc2ccccc2)CCC1. The maximum absolute atomic E-state index is 4.73. The van der Waals surface area contributed by atoms with Crippen LogP contribution in [0.15, 0.2) is 52.7 Å². The topological polar surface area (TPSA) is 21.6 Å². The Hall–Kier alpha value is -1.83. The molecule has 0 heterocycles. The normalized spacial score (nSPS) is 16.3. The van der Waals surface area contributed by atoms with Crippen molar-refractivity contribution >= 4 is 12.3 Å². The molecule has 2 rings (SSSR count). The van der Waals surface area contributed by atoms with Crippen LogP contribution in [0.2, 0.25) is 0 Å². The van der Waals surface area contributed by atoms with Crippen LogP contribution in [-0.2, 0) is 4.84 Å². The highest BCUT2D eigenvalue weighted by atomic mass is 16.6. The van der Waals surface area contributed by atoms with Gasteiger partial charge in [0.15, 0.2) is 0 Å². The number of hydrogen-bond donors (Lipinski definition) is 0. The molecule has 2 heteroatoms. The number of rotatable bonds is 4. The fraction of sp³-hybridized carbons (Fsp3) is 0.267. The van der Waals surface area contributed by atoms with E-state index in [1.807, 2.05) is 12.3 Å². The predicted molar refractivity (Wildman–Crippen MR) is 71.9 cm³/mol. The first-order chi connectivity index (χ1) is 8.40. The van der Waals surface area contributed by atoms with Crippen LogP contribution >= 0.6 is 0 Å². The van der Waals surface area contributed by atoms with Crippen molar-refractivity contribution in [2.75, 3.05) is 7.11 Å². The number of benzene rings is 1. The van der Waals surface area contributed by atoms with Gasteiger partial charge >= 0.3 is 0 Å². The van der Waals surface area contributed by atoms with Gasteiger partial charge in [-0.05, 0) is 36.0 Å². The van der Waals surface area contributed by atoms with Gasteiger partial charge in [0.1, 0.15) is 7.11 Å². The highest BCUT2D eigenvalue weighted by molar-refractivity contribution is 5.81. The van der Waals surface area contributed by atoms with E-state index >= 15 is 0 Å². The van der Waals surface area contributed by atoms with E-state index in [1.165, 1.54) is 23.1 Å². The van der Waals surface area contributed by atoms with E-state index < -0.39 is 0 Å². The fourth-order valence-electron chi connectivity index (χ4n) is 2.01. The van der Waals surface area contributed by atoms with Crippen molar-refractivity contribution in [1.29, 1.82) is 0 Å². The second kappa shape index (κ2) is 6.04. The van der Waals surface area contributed by atoms with Crippen molar-refractivity contribution in [3.63, 3.8) is 0 Å². The summed E-state index contributed by atoms with van der Waals surface area (Å²) in [6.45, 7) is 0. The third-order valence-electron chi connectivity index (χ3n) is 2.90. The minimum atomic E-state index is 1.10. The van der Waals surface area contributed by atoms with Gasteiger partial charge in [0.2, 0.25) is 0 Å². The lowest BCUT2D eigenvalue weighted by molar-refractivity contribution is 0.215. The molecule has 0 amide bonds. The second-order valence-electron chi connectivity index (χ2n) is 4.07. The molecule has 0 bridgehead atoms. The molecule has 0 N–H and O–H groups in total. The largest absolute Gasteiger partial charge is 0.399 e. The summed E-state index contributed by atoms with van der Waals surface area (Å²) in [5, 5.41) is 3.84. The quantitative estimate of drug-likeness (QED) is 0.566. The molecule has 1 aromatic carbocycles. The van der Waals surface area contributed by atoms with E-state index in [4.69, 9.17) is 4.84 Å². The molecule has 1 aromatic rings. The molecule has 0 aliphatic heterocycles. The van der Waals surface area contributed by atoms with Crippen LogP contribution in [0.4, 0.5) is 0 Å². The summed E-state index contributed by atoms with van der Waals surface area (Å²) in [7, 11) is 1.57. The molecule has 1 aliphatic carbocycles.